The number of hydrogen-bond donors (Lipinski definition) is 3. The summed E-state index contributed by atoms with van der Waals surface area (Å²) < 4.78 is 0. The van der Waals surface area contributed by atoms with Gasteiger partial charge in [0.05, 0.1) is 22.9 Å². The molecule has 2 atom stereocenters. The fourth-order valence-corrected chi connectivity index (χ4v) is 4.12. The summed E-state index contributed by atoms with van der Waals surface area (Å²) in [6.07, 6.45) is 4.59. The zero-order valence-electron chi connectivity index (χ0n) is 20.1. The van der Waals surface area contributed by atoms with E-state index >= 15 is 0 Å². The van der Waals surface area contributed by atoms with Gasteiger partial charge in [0.15, 0.2) is 11.4 Å². The highest BCUT2D eigenvalue weighted by Gasteiger charge is 2.45. The summed E-state index contributed by atoms with van der Waals surface area (Å²) in [5, 5.41) is 31.1. The number of aliphatic carboxylic acids is 1. The molecular weight excluding hydrogens is 444 g/mol. The Bertz CT molecular complexity index is 1270. The van der Waals surface area contributed by atoms with Gasteiger partial charge in [-0.3, -0.25) is 10.2 Å². The van der Waals surface area contributed by atoms with Crippen molar-refractivity contribution in [3.05, 3.63) is 89.5 Å². The molecule has 1 heterocycles. The number of nitrogens with zero attached hydrogens (tertiary/aromatic N) is 3. The van der Waals surface area contributed by atoms with Gasteiger partial charge < -0.3 is 10.2 Å². The second kappa shape index (κ2) is 8.96. The van der Waals surface area contributed by atoms with Gasteiger partial charge in [0.1, 0.15) is 0 Å². The molecule has 2 unspecified atom stereocenters. The molecule has 1 aliphatic carbocycles. The molecule has 2 aromatic rings. The fourth-order valence-electron chi connectivity index (χ4n) is 4.12. The van der Waals surface area contributed by atoms with Crippen LogP contribution in [0.3, 0.4) is 0 Å². The third-order valence-electron chi connectivity index (χ3n) is 6.12. The standard InChI is InChI=1S/C27H28N4O4/c1-17-23(24(32)31(29-17)20-15-13-19(14-16-20)26(2,3)4)28-30-27(35)21(18-9-6-5-7-10-18)11-8-12-22(27)25(33)34/h5-16,21,30,35H,1-4H3,(H,33,34)/b28-23-. The smallest absolute Gasteiger partial charge is 0.336 e. The van der Waals surface area contributed by atoms with E-state index in [9.17, 15) is 19.8 Å². The lowest BCUT2D eigenvalue weighted by molar-refractivity contribution is -0.136. The number of hydrazone groups is 2. The van der Waals surface area contributed by atoms with Crippen molar-refractivity contribution in [3.63, 3.8) is 0 Å². The Kier molecular flexibility index (Phi) is 6.17. The Morgan fingerprint density at radius 3 is 2.37 bits per heavy atom. The predicted octanol–water partition coefficient (Wildman–Crippen LogP) is 3.71. The minimum atomic E-state index is -2.09. The van der Waals surface area contributed by atoms with Gasteiger partial charge >= 0.3 is 11.9 Å². The molecule has 180 valence electrons. The molecule has 2 aliphatic rings. The SMILES string of the molecule is CC1=NN(c2ccc(C(C)(C)C)cc2)C(=O)/C1=N\NC1(O)C(C(=O)O)=CC=CC1c1ccccc1. The van der Waals surface area contributed by atoms with E-state index in [0.717, 1.165) is 5.56 Å². The van der Waals surface area contributed by atoms with E-state index in [2.05, 4.69) is 36.4 Å². The zero-order valence-corrected chi connectivity index (χ0v) is 20.1. The zero-order chi connectivity index (χ0) is 25.4. The van der Waals surface area contributed by atoms with Crippen molar-refractivity contribution in [2.24, 2.45) is 10.2 Å². The number of carbonyl (C=O) groups is 2. The monoisotopic (exact) mass is 472 g/mol. The molecule has 35 heavy (non-hydrogen) atoms. The molecule has 0 saturated carbocycles. The van der Waals surface area contributed by atoms with Crippen LogP contribution in [0.15, 0.2) is 88.6 Å². The highest BCUT2D eigenvalue weighted by atomic mass is 16.4. The summed E-state index contributed by atoms with van der Waals surface area (Å²) in [6.45, 7) is 7.95. The Labute approximate surface area is 204 Å². The van der Waals surface area contributed by atoms with Gasteiger partial charge in [0.2, 0.25) is 0 Å². The molecule has 0 saturated heterocycles. The summed E-state index contributed by atoms with van der Waals surface area (Å²) in [4.78, 5) is 25.1. The molecule has 0 spiro atoms. The van der Waals surface area contributed by atoms with Gasteiger partial charge in [-0.2, -0.15) is 15.2 Å². The molecule has 0 bridgehead atoms. The second-order valence-electron chi connectivity index (χ2n) is 9.60. The van der Waals surface area contributed by atoms with Gasteiger partial charge in [-0.1, -0.05) is 75.4 Å². The van der Waals surface area contributed by atoms with E-state index in [4.69, 9.17) is 0 Å². The van der Waals surface area contributed by atoms with E-state index in [0.29, 0.717) is 17.0 Å². The first kappa shape index (κ1) is 24.1. The van der Waals surface area contributed by atoms with Crippen molar-refractivity contribution in [1.82, 2.24) is 5.43 Å². The number of carboxylic acid groups (broad SMARTS) is 1. The van der Waals surface area contributed by atoms with Crippen LogP contribution in [0.1, 0.15) is 44.7 Å². The van der Waals surface area contributed by atoms with Crippen molar-refractivity contribution in [2.45, 2.75) is 44.8 Å². The van der Waals surface area contributed by atoms with Gasteiger partial charge in [-0.05, 0) is 41.7 Å². The maximum atomic E-state index is 13.2. The number of allylic oxidation sites excluding steroid dienone is 2. The van der Waals surface area contributed by atoms with Crippen molar-refractivity contribution in [3.8, 4) is 0 Å². The van der Waals surface area contributed by atoms with Crippen LogP contribution in [-0.2, 0) is 15.0 Å². The minimum absolute atomic E-state index is 0.00979. The molecule has 0 fully saturated rings. The van der Waals surface area contributed by atoms with Crippen molar-refractivity contribution < 1.29 is 19.8 Å². The number of benzene rings is 2. The summed E-state index contributed by atoms with van der Waals surface area (Å²) in [5.41, 5.74) is 2.92. The van der Waals surface area contributed by atoms with Crippen molar-refractivity contribution >= 4 is 29.0 Å². The van der Waals surface area contributed by atoms with E-state index in [-0.39, 0.29) is 16.7 Å². The van der Waals surface area contributed by atoms with Crippen LogP contribution >= 0.6 is 0 Å². The second-order valence-corrected chi connectivity index (χ2v) is 9.60. The molecule has 1 aliphatic heterocycles. The molecule has 0 radical (unpaired) electrons. The Balaban J connectivity index is 1.64. The van der Waals surface area contributed by atoms with E-state index in [1.165, 1.54) is 11.1 Å². The van der Waals surface area contributed by atoms with Gasteiger partial charge in [0, 0.05) is 0 Å². The lowest BCUT2D eigenvalue weighted by Gasteiger charge is -2.36. The summed E-state index contributed by atoms with van der Waals surface area (Å²) in [6, 6.07) is 16.5. The highest BCUT2D eigenvalue weighted by Crippen LogP contribution is 2.37. The topological polar surface area (TPSA) is 115 Å². The van der Waals surface area contributed by atoms with Crippen LogP contribution in [0.25, 0.3) is 0 Å². The van der Waals surface area contributed by atoms with Crippen LogP contribution in [0.5, 0.6) is 0 Å². The van der Waals surface area contributed by atoms with E-state index in [1.807, 2.05) is 30.3 Å². The van der Waals surface area contributed by atoms with Gasteiger partial charge in [-0.15, -0.1) is 0 Å². The van der Waals surface area contributed by atoms with Crippen LogP contribution in [0.2, 0.25) is 0 Å². The maximum Gasteiger partial charge on any atom is 0.336 e. The summed E-state index contributed by atoms with van der Waals surface area (Å²) >= 11 is 0. The van der Waals surface area contributed by atoms with Crippen molar-refractivity contribution in [2.75, 3.05) is 5.01 Å². The number of nitrogens with one attached hydrogen (secondary N) is 1. The molecule has 3 N–H and O–H groups in total. The van der Waals surface area contributed by atoms with Crippen LogP contribution in [-0.4, -0.2) is 39.2 Å². The predicted molar refractivity (Wildman–Crippen MR) is 135 cm³/mol. The molecular formula is C27H28N4O4. The Hall–Kier alpha value is -4.04. The number of carbonyl (C=O) groups excluding carboxylic acids is 1. The first-order valence-electron chi connectivity index (χ1n) is 11.3. The molecule has 1 amide bonds. The van der Waals surface area contributed by atoms with Gasteiger partial charge in [-0.25, -0.2) is 4.79 Å². The Morgan fingerprint density at radius 2 is 1.77 bits per heavy atom. The normalized spacial score (nSPS) is 23.3. The average Bonchev–Trinajstić information content (AvgIpc) is 3.11. The molecule has 2 aromatic carbocycles. The number of amides is 1. The number of anilines is 1. The molecule has 0 aromatic heterocycles. The van der Waals surface area contributed by atoms with Crippen LogP contribution < -0.4 is 10.4 Å². The third-order valence-corrected chi connectivity index (χ3v) is 6.12. The summed E-state index contributed by atoms with van der Waals surface area (Å²) in [5.74, 6) is -2.53. The number of hydrogen-bond acceptors (Lipinski definition) is 6. The molecule has 4 rings (SSSR count). The summed E-state index contributed by atoms with van der Waals surface area (Å²) in [7, 11) is 0. The van der Waals surface area contributed by atoms with Crippen LogP contribution in [0, 0.1) is 0 Å². The number of aliphatic hydroxyl groups is 1. The fraction of sp³-hybridized carbons (Fsp3) is 0.259. The van der Waals surface area contributed by atoms with E-state index < -0.39 is 23.5 Å². The number of carboxylic acids is 1. The molecule has 8 heteroatoms. The largest absolute Gasteiger partial charge is 0.478 e. The van der Waals surface area contributed by atoms with Crippen LogP contribution in [0.4, 0.5) is 5.69 Å². The third kappa shape index (κ3) is 4.52. The van der Waals surface area contributed by atoms with E-state index in [1.54, 1.807) is 43.3 Å². The van der Waals surface area contributed by atoms with Crippen molar-refractivity contribution in [1.29, 1.82) is 0 Å². The Morgan fingerprint density at radius 1 is 1.11 bits per heavy atom. The maximum absolute atomic E-state index is 13.2. The molecule has 8 nitrogen and oxygen atoms in total. The lowest BCUT2D eigenvalue weighted by Crippen LogP contribution is -2.52. The minimum Gasteiger partial charge on any atom is -0.478 e. The first-order chi connectivity index (χ1) is 16.5. The lowest BCUT2D eigenvalue weighted by atomic mass is 9.80. The first-order valence-corrected chi connectivity index (χ1v) is 11.3. The quantitative estimate of drug-likeness (QED) is 0.453. The average molecular weight is 473 g/mol. The van der Waals surface area contributed by atoms with Gasteiger partial charge in [0.25, 0.3) is 0 Å². The highest BCUT2D eigenvalue weighted by molar-refractivity contribution is 6.71. The number of rotatable bonds is 5.